The summed E-state index contributed by atoms with van der Waals surface area (Å²) in [6, 6.07) is 5.56. The molecule has 0 aliphatic carbocycles. The van der Waals surface area contributed by atoms with Crippen molar-refractivity contribution in [2.24, 2.45) is 0 Å². The maximum absolute atomic E-state index is 5.96. The maximum atomic E-state index is 5.96. The van der Waals surface area contributed by atoms with Gasteiger partial charge in [-0.15, -0.1) is 5.10 Å². The summed E-state index contributed by atoms with van der Waals surface area (Å²) in [7, 11) is 0. The van der Waals surface area contributed by atoms with E-state index in [0.29, 0.717) is 11.6 Å². The number of nitrogens with zero attached hydrogens (tertiary/aromatic N) is 3. The summed E-state index contributed by atoms with van der Waals surface area (Å²) >= 11 is 9.43. The van der Waals surface area contributed by atoms with Gasteiger partial charge in [0.2, 0.25) is 0 Å². The van der Waals surface area contributed by atoms with Gasteiger partial charge in [0, 0.05) is 16.0 Å². The lowest BCUT2D eigenvalue weighted by molar-refractivity contribution is 0.705. The first-order valence-electron chi connectivity index (χ1n) is 5.28. The monoisotopic (exact) mass is 314 g/mol. The lowest BCUT2D eigenvalue weighted by Crippen LogP contribution is -2.11. The predicted molar refractivity (Wildman–Crippen MR) is 71.4 cm³/mol. The summed E-state index contributed by atoms with van der Waals surface area (Å²) in [5.41, 5.74) is 1.78. The minimum absolute atomic E-state index is 0.673. The molecule has 0 amide bonds. The Morgan fingerprint density at radius 1 is 1.47 bits per heavy atom. The third-order valence-corrected chi connectivity index (χ3v) is 3.16. The molecule has 0 aliphatic rings. The molecule has 1 heterocycles. The van der Waals surface area contributed by atoms with Gasteiger partial charge in [-0.2, -0.15) is 0 Å². The third-order valence-electron chi connectivity index (χ3n) is 2.25. The topological polar surface area (TPSA) is 42.7 Å². The molecule has 0 atom stereocenters. The van der Waals surface area contributed by atoms with Gasteiger partial charge in [-0.25, -0.2) is 4.68 Å². The van der Waals surface area contributed by atoms with E-state index in [1.807, 2.05) is 24.4 Å². The number of hydrogen-bond donors (Lipinski definition) is 1. The molecular formula is C11H12BrClN4. The zero-order valence-electron chi connectivity index (χ0n) is 9.32. The highest BCUT2D eigenvalue weighted by Gasteiger charge is 2.06. The number of halogens is 2. The third kappa shape index (κ3) is 3.06. The standard InChI is InChI=1S/C11H12BrClN4/c1-2-14-6-9-7-17(16-15-9)11-5-8(13)3-4-10(11)12/h3-5,7,14H,2,6H2,1H3. The summed E-state index contributed by atoms with van der Waals surface area (Å²) in [4.78, 5) is 0. The predicted octanol–water partition coefficient (Wildman–Crippen LogP) is 2.79. The first kappa shape index (κ1) is 12.5. The molecular weight excluding hydrogens is 304 g/mol. The van der Waals surface area contributed by atoms with Crippen LogP contribution in [0.2, 0.25) is 5.02 Å². The first-order chi connectivity index (χ1) is 8.20. The maximum Gasteiger partial charge on any atom is 0.0969 e. The largest absolute Gasteiger partial charge is 0.311 e. The molecule has 0 radical (unpaired) electrons. The summed E-state index contributed by atoms with van der Waals surface area (Å²) < 4.78 is 2.64. The van der Waals surface area contributed by atoms with E-state index in [1.54, 1.807) is 4.68 Å². The van der Waals surface area contributed by atoms with Crippen LogP contribution in [0.5, 0.6) is 0 Å². The van der Waals surface area contributed by atoms with Crippen molar-refractivity contribution in [2.45, 2.75) is 13.5 Å². The van der Waals surface area contributed by atoms with Gasteiger partial charge < -0.3 is 5.32 Å². The zero-order chi connectivity index (χ0) is 12.3. The molecule has 0 saturated carbocycles. The van der Waals surface area contributed by atoms with Crippen LogP contribution in [0.1, 0.15) is 12.6 Å². The van der Waals surface area contributed by atoms with Crippen LogP contribution in [0, 0.1) is 0 Å². The average molecular weight is 316 g/mol. The fourth-order valence-corrected chi connectivity index (χ4v) is 2.01. The highest BCUT2D eigenvalue weighted by Crippen LogP contribution is 2.24. The first-order valence-corrected chi connectivity index (χ1v) is 6.45. The minimum Gasteiger partial charge on any atom is -0.311 e. The zero-order valence-corrected chi connectivity index (χ0v) is 11.7. The van der Waals surface area contributed by atoms with E-state index < -0.39 is 0 Å². The minimum atomic E-state index is 0.673. The van der Waals surface area contributed by atoms with Crippen LogP contribution >= 0.6 is 27.5 Å². The van der Waals surface area contributed by atoms with Crippen molar-refractivity contribution in [3.05, 3.63) is 39.6 Å². The molecule has 4 nitrogen and oxygen atoms in total. The van der Waals surface area contributed by atoms with Gasteiger partial charge in [0.05, 0.1) is 17.6 Å². The molecule has 6 heteroatoms. The van der Waals surface area contributed by atoms with Crippen molar-refractivity contribution in [2.75, 3.05) is 6.54 Å². The highest BCUT2D eigenvalue weighted by atomic mass is 79.9. The number of nitrogens with one attached hydrogen (secondary N) is 1. The molecule has 17 heavy (non-hydrogen) atoms. The fourth-order valence-electron chi connectivity index (χ4n) is 1.41. The molecule has 2 rings (SSSR count). The Hall–Kier alpha value is -0.910. The molecule has 0 aliphatic heterocycles. The van der Waals surface area contributed by atoms with Gasteiger partial charge in [0.25, 0.3) is 0 Å². The lowest BCUT2D eigenvalue weighted by atomic mass is 10.3. The number of hydrogen-bond acceptors (Lipinski definition) is 3. The number of benzene rings is 1. The van der Waals surface area contributed by atoms with Gasteiger partial charge in [-0.3, -0.25) is 0 Å². The molecule has 0 fully saturated rings. The van der Waals surface area contributed by atoms with Crippen LogP contribution in [-0.4, -0.2) is 21.5 Å². The van der Waals surface area contributed by atoms with E-state index in [1.165, 1.54) is 0 Å². The van der Waals surface area contributed by atoms with Crippen molar-refractivity contribution in [1.82, 2.24) is 20.3 Å². The SMILES string of the molecule is CCNCc1cn(-c2cc(Cl)ccc2Br)nn1. The second kappa shape index (κ2) is 5.62. The quantitative estimate of drug-likeness (QED) is 0.943. The Balaban J connectivity index is 2.27. The Labute approximate surface area is 113 Å². The van der Waals surface area contributed by atoms with E-state index in [4.69, 9.17) is 11.6 Å². The van der Waals surface area contributed by atoms with E-state index in [0.717, 1.165) is 22.4 Å². The van der Waals surface area contributed by atoms with Crippen LogP contribution < -0.4 is 5.32 Å². The Morgan fingerprint density at radius 3 is 3.06 bits per heavy atom. The summed E-state index contributed by atoms with van der Waals surface area (Å²) in [5, 5.41) is 12.0. The van der Waals surface area contributed by atoms with E-state index in [9.17, 15) is 0 Å². The second-order valence-electron chi connectivity index (χ2n) is 3.53. The molecule has 0 bridgehead atoms. The van der Waals surface area contributed by atoms with Gasteiger partial charge in [-0.05, 0) is 40.7 Å². The molecule has 1 aromatic carbocycles. The van der Waals surface area contributed by atoms with Crippen molar-refractivity contribution in [1.29, 1.82) is 0 Å². The van der Waals surface area contributed by atoms with E-state index in [2.05, 4.69) is 38.5 Å². The van der Waals surface area contributed by atoms with Crippen LogP contribution in [0.3, 0.4) is 0 Å². The summed E-state index contributed by atoms with van der Waals surface area (Å²) in [6.07, 6.45) is 1.89. The van der Waals surface area contributed by atoms with Gasteiger partial charge in [-0.1, -0.05) is 23.7 Å². The Morgan fingerprint density at radius 2 is 2.29 bits per heavy atom. The van der Waals surface area contributed by atoms with E-state index in [-0.39, 0.29) is 0 Å². The molecule has 1 N–H and O–H groups in total. The Bertz CT molecular complexity index is 512. The highest BCUT2D eigenvalue weighted by molar-refractivity contribution is 9.10. The molecule has 0 saturated heterocycles. The average Bonchev–Trinajstić information content (AvgIpc) is 2.78. The van der Waals surface area contributed by atoms with Gasteiger partial charge in [0.15, 0.2) is 0 Å². The lowest BCUT2D eigenvalue weighted by Gasteiger charge is -2.03. The van der Waals surface area contributed by atoms with Crippen molar-refractivity contribution in [3.63, 3.8) is 0 Å². The normalized spacial score (nSPS) is 10.8. The van der Waals surface area contributed by atoms with Crippen LogP contribution in [0.25, 0.3) is 5.69 Å². The molecule has 90 valence electrons. The van der Waals surface area contributed by atoms with Crippen LogP contribution in [0.4, 0.5) is 0 Å². The van der Waals surface area contributed by atoms with Crippen molar-refractivity contribution in [3.8, 4) is 5.69 Å². The number of aromatic nitrogens is 3. The van der Waals surface area contributed by atoms with Crippen LogP contribution in [0.15, 0.2) is 28.9 Å². The van der Waals surface area contributed by atoms with Gasteiger partial charge >= 0.3 is 0 Å². The van der Waals surface area contributed by atoms with Gasteiger partial charge in [0.1, 0.15) is 0 Å². The molecule has 1 aromatic heterocycles. The summed E-state index contributed by atoms with van der Waals surface area (Å²) in [5.74, 6) is 0. The Kier molecular flexibility index (Phi) is 4.15. The van der Waals surface area contributed by atoms with E-state index >= 15 is 0 Å². The van der Waals surface area contributed by atoms with Crippen LogP contribution in [-0.2, 0) is 6.54 Å². The molecule has 2 aromatic rings. The van der Waals surface area contributed by atoms with Crippen molar-refractivity contribution >= 4 is 27.5 Å². The summed E-state index contributed by atoms with van der Waals surface area (Å²) in [6.45, 7) is 3.68. The fraction of sp³-hybridized carbons (Fsp3) is 0.273. The van der Waals surface area contributed by atoms with Crippen molar-refractivity contribution < 1.29 is 0 Å². The smallest absolute Gasteiger partial charge is 0.0969 e. The second-order valence-corrected chi connectivity index (χ2v) is 4.82. The molecule has 0 unspecified atom stereocenters. The molecule has 0 spiro atoms. The number of rotatable bonds is 4.